The minimum atomic E-state index is -1.08. The molecule has 8 nitrogen and oxygen atoms in total. The fourth-order valence-electron chi connectivity index (χ4n) is 2.86. The molecule has 164 valence electrons. The predicted molar refractivity (Wildman–Crippen MR) is 111 cm³/mol. The molecule has 1 unspecified atom stereocenters. The van der Waals surface area contributed by atoms with Gasteiger partial charge in [0.05, 0.1) is 12.8 Å². The van der Waals surface area contributed by atoms with Crippen molar-refractivity contribution in [3.05, 3.63) is 42.0 Å². The lowest BCUT2D eigenvalue weighted by Crippen LogP contribution is -2.59. The lowest BCUT2D eigenvalue weighted by atomic mass is 10.0. The molecule has 0 aromatic heterocycles. The highest BCUT2D eigenvalue weighted by Crippen LogP contribution is 2.32. The van der Waals surface area contributed by atoms with Crippen LogP contribution in [0.4, 0.5) is 9.59 Å². The Morgan fingerprint density at radius 1 is 0.900 bits per heavy atom. The van der Waals surface area contributed by atoms with Gasteiger partial charge >= 0.3 is 18.2 Å². The molecule has 2 rings (SSSR count). The number of ether oxygens (including phenoxy) is 3. The topological polar surface area (TPSA) is 85.4 Å². The normalized spacial score (nSPS) is 17.2. The van der Waals surface area contributed by atoms with Crippen LogP contribution in [0.5, 0.6) is 0 Å². The van der Waals surface area contributed by atoms with Crippen LogP contribution in [-0.2, 0) is 19.0 Å². The summed E-state index contributed by atoms with van der Waals surface area (Å²) >= 11 is 0. The number of nitrogens with zero attached hydrogens (tertiary/aromatic N) is 2. The van der Waals surface area contributed by atoms with Gasteiger partial charge in [-0.25, -0.2) is 14.4 Å². The van der Waals surface area contributed by atoms with Gasteiger partial charge in [0.1, 0.15) is 11.2 Å². The third-order valence-electron chi connectivity index (χ3n) is 3.96. The number of carbonyl (C=O) groups excluding carboxylic acids is 3. The molecule has 1 aliphatic rings. The summed E-state index contributed by atoms with van der Waals surface area (Å²) in [7, 11) is 1.23. The molecule has 1 aromatic carbocycles. The van der Waals surface area contributed by atoms with Crippen molar-refractivity contribution >= 4 is 23.9 Å². The molecule has 0 saturated heterocycles. The van der Waals surface area contributed by atoms with Gasteiger partial charge in [-0.1, -0.05) is 36.4 Å². The monoisotopic (exact) mass is 418 g/mol. The molecule has 0 spiro atoms. The zero-order valence-electron chi connectivity index (χ0n) is 18.6. The number of amides is 2. The van der Waals surface area contributed by atoms with Crippen LogP contribution in [0.25, 0.3) is 5.70 Å². The van der Waals surface area contributed by atoms with Crippen LogP contribution in [0.3, 0.4) is 0 Å². The van der Waals surface area contributed by atoms with E-state index in [1.165, 1.54) is 7.11 Å². The Labute approximate surface area is 177 Å². The zero-order chi connectivity index (χ0) is 22.7. The molecule has 1 atom stereocenters. The molecule has 1 aromatic rings. The highest BCUT2D eigenvalue weighted by atomic mass is 16.6. The molecule has 0 radical (unpaired) electrons. The first-order valence-electron chi connectivity index (χ1n) is 9.72. The van der Waals surface area contributed by atoms with Gasteiger partial charge in [0, 0.05) is 12.0 Å². The van der Waals surface area contributed by atoms with Gasteiger partial charge in [0.15, 0.2) is 6.04 Å². The van der Waals surface area contributed by atoms with Crippen LogP contribution in [0.15, 0.2) is 36.4 Å². The number of rotatable bonds is 2. The Morgan fingerprint density at radius 3 is 1.93 bits per heavy atom. The first-order chi connectivity index (χ1) is 13.8. The van der Waals surface area contributed by atoms with Crippen molar-refractivity contribution in [2.24, 2.45) is 0 Å². The van der Waals surface area contributed by atoms with Crippen LogP contribution in [0, 0.1) is 0 Å². The minimum Gasteiger partial charge on any atom is -0.467 e. The summed E-state index contributed by atoms with van der Waals surface area (Å²) in [6.07, 6.45) is 0.194. The van der Waals surface area contributed by atoms with E-state index in [2.05, 4.69) is 0 Å². The van der Waals surface area contributed by atoms with E-state index in [1.54, 1.807) is 59.8 Å². The number of benzene rings is 1. The predicted octanol–water partition coefficient (Wildman–Crippen LogP) is 4.36. The van der Waals surface area contributed by atoms with Gasteiger partial charge in [-0.3, -0.25) is 0 Å². The van der Waals surface area contributed by atoms with Gasteiger partial charge in [-0.05, 0) is 41.5 Å². The molecular formula is C22H30N2O6. The molecule has 8 heteroatoms. The largest absolute Gasteiger partial charge is 0.467 e. The summed E-state index contributed by atoms with van der Waals surface area (Å²) in [4.78, 5) is 38.8. The average molecular weight is 418 g/mol. The quantitative estimate of drug-likeness (QED) is 0.524. The van der Waals surface area contributed by atoms with Crippen molar-refractivity contribution in [3.8, 4) is 0 Å². The third-order valence-corrected chi connectivity index (χ3v) is 3.96. The van der Waals surface area contributed by atoms with E-state index in [9.17, 15) is 14.4 Å². The molecule has 0 aliphatic carbocycles. The van der Waals surface area contributed by atoms with Crippen molar-refractivity contribution in [2.75, 3.05) is 7.11 Å². The summed E-state index contributed by atoms with van der Waals surface area (Å²) in [5, 5.41) is 2.03. The number of esters is 1. The Kier molecular flexibility index (Phi) is 6.80. The van der Waals surface area contributed by atoms with Crippen molar-refractivity contribution in [2.45, 2.75) is 65.2 Å². The minimum absolute atomic E-state index is 0.148. The molecule has 2 amide bonds. The second-order valence-electron chi connectivity index (χ2n) is 8.85. The van der Waals surface area contributed by atoms with Crippen molar-refractivity contribution in [1.29, 1.82) is 0 Å². The maximum absolute atomic E-state index is 13.2. The van der Waals surface area contributed by atoms with E-state index in [-0.39, 0.29) is 6.42 Å². The molecule has 1 aliphatic heterocycles. The molecular weight excluding hydrogens is 388 g/mol. The molecule has 30 heavy (non-hydrogen) atoms. The number of hydrogen-bond donors (Lipinski definition) is 0. The van der Waals surface area contributed by atoms with Gasteiger partial charge < -0.3 is 14.2 Å². The highest BCUT2D eigenvalue weighted by molar-refractivity contribution is 5.90. The summed E-state index contributed by atoms with van der Waals surface area (Å²) in [5.41, 5.74) is -0.571. The van der Waals surface area contributed by atoms with E-state index in [0.29, 0.717) is 11.3 Å². The second kappa shape index (κ2) is 8.77. The Balaban J connectivity index is 2.61. The van der Waals surface area contributed by atoms with E-state index in [1.807, 2.05) is 18.2 Å². The number of hydrazine groups is 1. The second-order valence-corrected chi connectivity index (χ2v) is 8.85. The third kappa shape index (κ3) is 5.75. The Hall–Kier alpha value is -3.03. The number of carbonyl (C=O) groups is 3. The summed E-state index contributed by atoms with van der Waals surface area (Å²) in [6, 6.07) is 7.99. The van der Waals surface area contributed by atoms with E-state index < -0.39 is 35.4 Å². The number of methoxy groups -OCH3 is 1. The van der Waals surface area contributed by atoms with Crippen LogP contribution in [0.2, 0.25) is 0 Å². The first-order valence-corrected chi connectivity index (χ1v) is 9.72. The standard InChI is InChI=1S/C22H30N2O6/c1-21(2,3)29-19(26)23-16(15-11-9-8-10-12-15)13-14-17(18(25)28-7)24(23)20(27)30-22(4,5)6/h8-13,17H,14H2,1-7H3. The summed E-state index contributed by atoms with van der Waals surface area (Å²) in [6.45, 7) is 10.3. The molecule has 0 saturated carbocycles. The van der Waals surface area contributed by atoms with Crippen molar-refractivity contribution in [3.63, 3.8) is 0 Å². The van der Waals surface area contributed by atoms with Gasteiger partial charge in [-0.15, -0.1) is 0 Å². The maximum Gasteiger partial charge on any atom is 0.434 e. The van der Waals surface area contributed by atoms with E-state index in [4.69, 9.17) is 14.2 Å². The van der Waals surface area contributed by atoms with E-state index in [0.717, 1.165) is 10.0 Å². The zero-order valence-corrected chi connectivity index (χ0v) is 18.6. The van der Waals surface area contributed by atoms with Gasteiger partial charge in [-0.2, -0.15) is 10.0 Å². The van der Waals surface area contributed by atoms with Crippen molar-refractivity contribution in [1.82, 2.24) is 10.0 Å². The highest BCUT2D eigenvalue weighted by Gasteiger charge is 2.45. The first kappa shape index (κ1) is 23.3. The number of hydrogen-bond acceptors (Lipinski definition) is 6. The smallest absolute Gasteiger partial charge is 0.434 e. The lowest BCUT2D eigenvalue weighted by Gasteiger charge is -2.42. The molecule has 0 fully saturated rings. The fourth-order valence-corrected chi connectivity index (χ4v) is 2.86. The Bertz CT molecular complexity index is 820. The van der Waals surface area contributed by atoms with Gasteiger partial charge in [0.25, 0.3) is 0 Å². The SMILES string of the molecule is COC(=O)C1CC=C(c2ccccc2)N(C(=O)OC(C)(C)C)N1C(=O)OC(C)(C)C. The maximum atomic E-state index is 13.2. The van der Waals surface area contributed by atoms with Gasteiger partial charge in [0.2, 0.25) is 0 Å². The van der Waals surface area contributed by atoms with Crippen LogP contribution in [-0.4, -0.2) is 52.5 Å². The van der Waals surface area contributed by atoms with Crippen LogP contribution >= 0.6 is 0 Å². The fraction of sp³-hybridized carbons (Fsp3) is 0.500. The van der Waals surface area contributed by atoms with Crippen LogP contribution < -0.4 is 0 Å². The van der Waals surface area contributed by atoms with Crippen molar-refractivity contribution < 1.29 is 28.6 Å². The Morgan fingerprint density at radius 2 is 1.43 bits per heavy atom. The average Bonchev–Trinajstić information content (AvgIpc) is 2.64. The summed E-state index contributed by atoms with van der Waals surface area (Å²) in [5.74, 6) is -0.669. The summed E-state index contributed by atoms with van der Waals surface area (Å²) < 4.78 is 15.9. The lowest BCUT2D eigenvalue weighted by molar-refractivity contribution is -0.152. The molecule has 1 heterocycles. The molecule has 0 N–H and O–H groups in total. The molecule has 0 bridgehead atoms. The van der Waals surface area contributed by atoms with E-state index >= 15 is 0 Å². The van der Waals surface area contributed by atoms with Crippen LogP contribution in [0.1, 0.15) is 53.5 Å².